The number of nitrogens with zero attached hydrogens (tertiary/aromatic N) is 2. The molecular formula is C10H17N3O. The van der Waals surface area contributed by atoms with Crippen molar-refractivity contribution in [2.24, 2.45) is 12.5 Å². The van der Waals surface area contributed by atoms with Crippen LogP contribution < -0.4 is 5.32 Å². The smallest absolute Gasteiger partial charge is 0.0554 e. The van der Waals surface area contributed by atoms with Crippen molar-refractivity contribution in [3.63, 3.8) is 0 Å². The van der Waals surface area contributed by atoms with Crippen molar-refractivity contribution < 1.29 is 4.74 Å². The molecule has 1 aliphatic heterocycles. The lowest BCUT2D eigenvalue weighted by molar-refractivity contribution is -0.0991. The maximum absolute atomic E-state index is 5.19. The van der Waals surface area contributed by atoms with Gasteiger partial charge >= 0.3 is 0 Å². The normalized spacial score (nSPS) is 19.3. The monoisotopic (exact) mass is 195 g/mol. The number of aryl methyl sites for hydroxylation is 1. The third kappa shape index (κ3) is 2.13. The van der Waals surface area contributed by atoms with Crippen molar-refractivity contribution in [1.29, 1.82) is 0 Å². The molecule has 0 aliphatic carbocycles. The summed E-state index contributed by atoms with van der Waals surface area (Å²) in [4.78, 5) is 0. The van der Waals surface area contributed by atoms with E-state index in [-0.39, 0.29) is 0 Å². The molecular weight excluding hydrogens is 178 g/mol. The van der Waals surface area contributed by atoms with Gasteiger partial charge in [0.1, 0.15) is 0 Å². The number of aromatic nitrogens is 2. The zero-order chi connectivity index (χ0) is 10.0. The van der Waals surface area contributed by atoms with Gasteiger partial charge in [0.15, 0.2) is 0 Å². The lowest BCUT2D eigenvalue weighted by atomic mass is 9.89. The molecule has 1 aromatic heterocycles. The van der Waals surface area contributed by atoms with E-state index in [2.05, 4.69) is 17.3 Å². The number of hydrogen-bond acceptors (Lipinski definition) is 3. The minimum atomic E-state index is 0.349. The highest BCUT2D eigenvalue weighted by atomic mass is 16.5. The van der Waals surface area contributed by atoms with E-state index in [9.17, 15) is 0 Å². The predicted molar refractivity (Wildman–Crippen MR) is 53.8 cm³/mol. The van der Waals surface area contributed by atoms with Crippen LogP contribution in [0.15, 0.2) is 12.4 Å². The Kier molecular flexibility index (Phi) is 2.56. The van der Waals surface area contributed by atoms with Gasteiger partial charge in [-0.15, -0.1) is 0 Å². The Morgan fingerprint density at radius 2 is 2.43 bits per heavy atom. The van der Waals surface area contributed by atoms with Crippen molar-refractivity contribution in [1.82, 2.24) is 15.1 Å². The summed E-state index contributed by atoms with van der Waals surface area (Å²) in [5.41, 5.74) is 1.58. The van der Waals surface area contributed by atoms with Crippen molar-refractivity contribution in [2.75, 3.05) is 19.8 Å². The van der Waals surface area contributed by atoms with Crippen LogP contribution in [0.5, 0.6) is 0 Å². The van der Waals surface area contributed by atoms with E-state index in [1.165, 1.54) is 5.56 Å². The molecule has 1 aromatic rings. The molecule has 0 aromatic carbocycles. The van der Waals surface area contributed by atoms with Gasteiger partial charge in [-0.3, -0.25) is 4.68 Å². The molecule has 14 heavy (non-hydrogen) atoms. The number of nitrogens with one attached hydrogen (secondary N) is 1. The Morgan fingerprint density at radius 3 is 2.93 bits per heavy atom. The summed E-state index contributed by atoms with van der Waals surface area (Å²) in [6.45, 7) is 5.91. The molecule has 1 fully saturated rings. The van der Waals surface area contributed by atoms with E-state index in [1.807, 2.05) is 24.1 Å². The Morgan fingerprint density at radius 1 is 1.64 bits per heavy atom. The van der Waals surface area contributed by atoms with Crippen LogP contribution in [0.25, 0.3) is 0 Å². The zero-order valence-electron chi connectivity index (χ0n) is 8.79. The fourth-order valence-corrected chi connectivity index (χ4v) is 1.62. The van der Waals surface area contributed by atoms with Gasteiger partial charge in [0.2, 0.25) is 0 Å². The third-order valence-electron chi connectivity index (χ3n) is 2.54. The second-order valence-electron chi connectivity index (χ2n) is 4.43. The van der Waals surface area contributed by atoms with Crippen molar-refractivity contribution in [2.45, 2.75) is 13.5 Å². The molecule has 0 unspecified atom stereocenters. The van der Waals surface area contributed by atoms with Gasteiger partial charge in [-0.05, 0) is 0 Å². The minimum Gasteiger partial charge on any atom is -0.380 e. The summed E-state index contributed by atoms with van der Waals surface area (Å²) in [5, 5.41) is 7.54. The van der Waals surface area contributed by atoms with E-state index in [0.717, 1.165) is 26.3 Å². The molecule has 0 saturated carbocycles. The summed E-state index contributed by atoms with van der Waals surface area (Å²) in [6, 6.07) is 0. The summed E-state index contributed by atoms with van der Waals surface area (Å²) in [5.74, 6) is 0. The average molecular weight is 195 g/mol. The van der Waals surface area contributed by atoms with Gasteiger partial charge in [-0.2, -0.15) is 5.10 Å². The lowest BCUT2D eigenvalue weighted by Crippen LogP contribution is -2.47. The Hall–Kier alpha value is -0.870. The maximum atomic E-state index is 5.19. The molecule has 0 radical (unpaired) electrons. The van der Waals surface area contributed by atoms with Crippen LogP contribution in [-0.2, 0) is 18.3 Å². The summed E-state index contributed by atoms with van der Waals surface area (Å²) in [7, 11) is 1.94. The molecule has 2 heterocycles. The standard InChI is InChI=1S/C10H17N3O/c1-10(7-14-8-10)6-11-3-9-4-12-13(2)5-9/h4-5,11H,3,6-8H2,1-2H3. The first kappa shape index (κ1) is 9.68. The summed E-state index contributed by atoms with van der Waals surface area (Å²) in [6.07, 6.45) is 3.93. The lowest BCUT2D eigenvalue weighted by Gasteiger charge is -2.38. The first-order valence-corrected chi connectivity index (χ1v) is 4.94. The minimum absolute atomic E-state index is 0.349. The van der Waals surface area contributed by atoms with E-state index < -0.39 is 0 Å². The van der Waals surface area contributed by atoms with E-state index >= 15 is 0 Å². The zero-order valence-corrected chi connectivity index (χ0v) is 8.79. The predicted octanol–water partition coefficient (Wildman–Crippen LogP) is 0.546. The Bertz CT molecular complexity index is 304. The van der Waals surface area contributed by atoms with Crippen LogP contribution in [0, 0.1) is 5.41 Å². The highest BCUT2D eigenvalue weighted by Gasteiger charge is 2.32. The SMILES string of the molecule is Cn1cc(CNCC2(C)COC2)cn1. The molecule has 78 valence electrons. The third-order valence-corrected chi connectivity index (χ3v) is 2.54. The van der Waals surface area contributed by atoms with Gasteiger partial charge in [0.05, 0.1) is 19.4 Å². The molecule has 0 spiro atoms. The fraction of sp³-hybridized carbons (Fsp3) is 0.700. The van der Waals surface area contributed by atoms with Gasteiger partial charge in [-0.25, -0.2) is 0 Å². The molecule has 1 N–H and O–H groups in total. The number of rotatable bonds is 4. The highest BCUT2D eigenvalue weighted by Crippen LogP contribution is 2.25. The summed E-state index contributed by atoms with van der Waals surface area (Å²) >= 11 is 0. The van der Waals surface area contributed by atoms with Gasteiger partial charge in [-0.1, -0.05) is 6.92 Å². The second kappa shape index (κ2) is 3.71. The maximum Gasteiger partial charge on any atom is 0.0554 e. The van der Waals surface area contributed by atoms with Crippen molar-refractivity contribution in [3.8, 4) is 0 Å². The molecule has 4 heteroatoms. The van der Waals surface area contributed by atoms with Crippen molar-refractivity contribution >= 4 is 0 Å². The Labute approximate surface area is 84.3 Å². The van der Waals surface area contributed by atoms with Crippen LogP contribution >= 0.6 is 0 Å². The van der Waals surface area contributed by atoms with Crippen LogP contribution in [0.1, 0.15) is 12.5 Å². The molecule has 0 bridgehead atoms. The molecule has 1 aliphatic rings. The molecule has 1 saturated heterocycles. The fourth-order valence-electron chi connectivity index (χ4n) is 1.62. The first-order valence-electron chi connectivity index (χ1n) is 4.94. The van der Waals surface area contributed by atoms with E-state index in [4.69, 9.17) is 4.74 Å². The first-order chi connectivity index (χ1) is 6.68. The van der Waals surface area contributed by atoms with Crippen LogP contribution in [-0.4, -0.2) is 29.5 Å². The van der Waals surface area contributed by atoms with Crippen molar-refractivity contribution in [3.05, 3.63) is 18.0 Å². The van der Waals surface area contributed by atoms with Crippen LogP contribution in [0.2, 0.25) is 0 Å². The quantitative estimate of drug-likeness (QED) is 0.762. The number of hydrogen-bond donors (Lipinski definition) is 1. The van der Waals surface area contributed by atoms with Crippen LogP contribution in [0.3, 0.4) is 0 Å². The second-order valence-corrected chi connectivity index (χ2v) is 4.43. The molecule has 4 nitrogen and oxygen atoms in total. The molecule has 0 amide bonds. The topological polar surface area (TPSA) is 39.1 Å². The summed E-state index contributed by atoms with van der Waals surface area (Å²) < 4.78 is 7.01. The van der Waals surface area contributed by atoms with E-state index in [0.29, 0.717) is 5.41 Å². The van der Waals surface area contributed by atoms with Gasteiger partial charge in [0.25, 0.3) is 0 Å². The number of ether oxygens (including phenoxy) is 1. The van der Waals surface area contributed by atoms with Gasteiger partial charge in [0, 0.05) is 37.3 Å². The largest absolute Gasteiger partial charge is 0.380 e. The van der Waals surface area contributed by atoms with E-state index in [1.54, 1.807) is 0 Å². The Balaban J connectivity index is 1.72. The van der Waals surface area contributed by atoms with Crippen LogP contribution in [0.4, 0.5) is 0 Å². The average Bonchev–Trinajstić information content (AvgIpc) is 2.49. The highest BCUT2D eigenvalue weighted by molar-refractivity contribution is 5.03. The molecule has 0 atom stereocenters. The van der Waals surface area contributed by atoms with Gasteiger partial charge < -0.3 is 10.1 Å². The molecule has 2 rings (SSSR count).